The third kappa shape index (κ3) is 3.63. The third-order valence-electron chi connectivity index (χ3n) is 6.39. The summed E-state index contributed by atoms with van der Waals surface area (Å²) in [6, 6.07) is -0.279. The van der Waals surface area contributed by atoms with E-state index >= 15 is 0 Å². The van der Waals surface area contributed by atoms with Crippen molar-refractivity contribution in [3.63, 3.8) is 0 Å². The number of β-lactam (4-membered cyclic amide) rings is 1. The molecule has 0 aromatic rings. The smallest absolute Gasteiger partial charge is 0.358 e. The lowest BCUT2D eigenvalue weighted by molar-refractivity contribution is -0.197. The molecule has 9 heteroatoms. The van der Waals surface area contributed by atoms with Crippen LogP contribution in [-0.4, -0.2) is 72.2 Å². The Kier molecular flexibility index (Phi) is 6.27. The highest BCUT2D eigenvalue weighted by molar-refractivity contribution is 6.01. The average molecular weight is 425 g/mol. The van der Waals surface area contributed by atoms with Crippen LogP contribution >= 0.6 is 0 Å². The zero-order valence-corrected chi connectivity index (χ0v) is 18.3. The Morgan fingerprint density at radius 1 is 1.17 bits per heavy atom. The molecule has 1 saturated carbocycles. The van der Waals surface area contributed by atoms with E-state index in [1.54, 1.807) is 27.9 Å². The van der Waals surface area contributed by atoms with Gasteiger partial charge in [-0.25, -0.2) is 9.59 Å². The maximum atomic E-state index is 13.1. The lowest BCUT2D eigenvalue weighted by Gasteiger charge is -2.47. The van der Waals surface area contributed by atoms with Crippen molar-refractivity contribution in [2.75, 3.05) is 14.2 Å². The van der Waals surface area contributed by atoms with Crippen molar-refractivity contribution in [3.05, 3.63) is 11.3 Å². The molecule has 3 aliphatic rings. The minimum Gasteiger partial charge on any atom is -0.423 e. The highest BCUT2D eigenvalue weighted by atomic mass is 16.7. The number of fused-ring (bicyclic) bond motifs is 3. The Bertz CT molecular complexity index is 758. The first kappa shape index (κ1) is 22.7. The fraction of sp³-hybridized carbons (Fsp3) is 0.762. The molecular formula is C21H31NO8. The predicted octanol–water partition coefficient (Wildman–Crippen LogP) is 1.13. The van der Waals surface area contributed by atoms with Gasteiger partial charge in [-0.1, -0.05) is 0 Å². The molecule has 6 unspecified atom stereocenters. The minimum absolute atomic E-state index is 0.0613. The second-order valence-electron chi connectivity index (χ2n) is 8.62. The van der Waals surface area contributed by atoms with Gasteiger partial charge in [0.25, 0.3) is 0 Å². The van der Waals surface area contributed by atoms with E-state index in [9.17, 15) is 19.5 Å². The van der Waals surface area contributed by atoms with Gasteiger partial charge in [-0.2, -0.15) is 0 Å². The van der Waals surface area contributed by atoms with Crippen LogP contribution < -0.4 is 0 Å². The van der Waals surface area contributed by atoms with Gasteiger partial charge in [0.2, 0.25) is 12.2 Å². The van der Waals surface area contributed by atoms with E-state index in [4.69, 9.17) is 18.9 Å². The quantitative estimate of drug-likeness (QED) is 0.367. The van der Waals surface area contributed by atoms with Gasteiger partial charge in [-0.3, -0.25) is 4.79 Å². The van der Waals surface area contributed by atoms with Crippen LogP contribution in [0.2, 0.25) is 0 Å². The van der Waals surface area contributed by atoms with Crippen LogP contribution in [0.25, 0.3) is 0 Å². The van der Waals surface area contributed by atoms with E-state index in [1.807, 2.05) is 0 Å². The molecular weight excluding hydrogens is 394 g/mol. The number of aliphatic hydroxyl groups excluding tert-OH is 1. The summed E-state index contributed by atoms with van der Waals surface area (Å²) < 4.78 is 21.2. The topological polar surface area (TPSA) is 112 Å². The molecule has 30 heavy (non-hydrogen) atoms. The molecule has 168 valence electrons. The van der Waals surface area contributed by atoms with Gasteiger partial charge >= 0.3 is 11.9 Å². The lowest BCUT2D eigenvalue weighted by Crippen LogP contribution is -2.64. The lowest BCUT2D eigenvalue weighted by atomic mass is 9.72. The van der Waals surface area contributed by atoms with Crippen LogP contribution in [0.15, 0.2) is 11.3 Å². The van der Waals surface area contributed by atoms with Crippen LogP contribution in [0.5, 0.6) is 0 Å². The van der Waals surface area contributed by atoms with Crippen LogP contribution in [0, 0.1) is 11.8 Å². The standard InChI is InChI=1S/C21H31NO8/c1-10(23)14-16-12-8-7-9-13(27-5)15(12)17(22(16)18(14)24)19(25)29-11(2)30-20(26)21(3,4)28-6/h10-14,16,23H,7-9H2,1-6H3. The number of rotatable bonds is 7. The normalized spacial score (nSPS) is 30.2. The number of methoxy groups -OCH3 is 2. The van der Waals surface area contributed by atoms with Crippen molar-refractivity contribution in [3.8, 4) is 0 Å². The van der Waals surface area contributed by atoms with E-state index in [0.29, 0.717) is 0 Å². The first-order valence-corrected chi connectivity index (χ1v) is 10.3. The fourth-order valence-corrected chi connectivity index (χ4v) is 4.68. The molecule has 3 rings (SSSR count). The number of hydrogen-bond acceptors (Lipinski definition) is 8. The Hall–Kier alpha value is -1.97. The Morgan fingerprint density at radius 2 is 1.83 bits per heavy atom. The molecule has 2 aliphatic heterocycles. The molecule has 1 N–H and O–H groups in total. The van der Waals surface area contributed by atoms with Gasteiger partial charge in [-0.05, 0) is 45.6 Å². The minimum atomic E-state index is -1.19. The number of esters is 2. The van der Waals surface area contributed by atoms with Crippen LogP contribution in [0.1, 0.15) is 47.0 Å². The molecule has 2 fully saturated rings. The molecule has 1 aliphatic carbocycles. The number of amides is 1. The van der Waals surface area contributed by atoms with Gasteiger partial charge in [-0.15, -0.1) is 0 Å². The van der Waals surface area contributed by atoms with Gasteiger partial charge in [0.05, 0.1) is 24.2 Å². The van der Waals surface area contributed by atoms with Crippen LogP contribution in [0.4, 0.5) is 0 Å². The number of carbonyl (C=O) groups excluding carboxylic acids is 3. The van der Waals surface area contributed by atoms with Gasteiger partial charge in [0.15, 0.2) is 5.60 Å². The number of ether oxygens (including phenoxy) is 4. The fourth-order valence-electron chi connectivity index (χ4n) is 4.68. The van der Waals surface area contributed by atoms with E-state index in [0.717, 1.165) is 24.8 Å². The van der Waals surface area contributed by atoms with Gasteiger partial charge in [0.1, 0.15) is 5.70 Å². The Balaban J connectivity index is 1.84. The maximum absolute atomic E-state index is 13.1. The summed E-state index contributed by atoms with van der Waals surface area (Å²) in [5.74, 6) is -2.33. The molecule has 1 saturated heterocycles. The van der Waals surface area contributed by atoms with Gasteiger partial charge in [0, 0.05) is 27.1 Å². The maximum Gasteiger partial charge on any atom is 0.358 e. The summed E-state index contributed by atoms with van der Waals surface area (Å²) in [5, 5.41) is 10.1. The number of aliphatic hydroxyl groups is 1. The summed E-state index contributed by atoms with van der Waals surface area (Å²) in [5.41, 5.74) is -0.285. The Labute approximate surface area is 176 Å². The van der Waals surface area contributed by atoms with Crippen molar-refractivity contribution < 1.29 is 38.4 Å². The number of hydrogen-bond donors (Lipinski definition) is 1. The summed E-state index contributed by atoms with van der Waals surface area (Å²) in [6.45, 7) is 6.11. The van der Waals surface area contributed by atoms with Crippen molar-refractivity contribution in [2.24, 2.45) is 11.8 Å². The molecule has 0 aromatic carbocycles. The molecule has 0 spiro atoms. The molecule has 0 bridgehead atoms. The largest absolute Gasteiger partial charge is 0.423 e. The van der Waals surface area contributed by atoms with Crippen LogP contribution in [0.3, 0.4) is 0 Å². The molecule has 0 radical (unpaired) electrons. The number of nitrogens with zero attached hydrogens (tertiary/aromatic N) is 1. The SMILES string of the molecule is COC1CCCC2C1=C(C(=O)OC(C)OC(=O)C(C)(C)OC)N1C(=O)C(C(C)O)C21. The van der Waals surface area contributed by atoms with Crippen molar-refractivity contribution >= 4 is 17.8 Å². The third-order valence-corrected chi connectivity index (χ3v) is 6.39. The first-order chi connectivity index (χ1) is 14.0. The summed E-state index contributed by atoms with van der Waals surface area (Å²) in [4.78, 5) is 39.4. The molecule has 0 aromatic heterocycles. The zero-order valence-electron chi connectivity index (χ0n) is 18.3. The van der Waals surface area contributed by atoms with Gasteiger partial charge < -0.3 is 29.0 Å². The Morgan fingerprint density at radius 3 is 2.40 bits per heavy atom. The second kappa shape index (κ2) is 8.28. The van der Waals surface area contributed by atoms with Crippen LogP contribution in [-0.2, 0) is 33.3 Å². The van der Waals surface area contributed by atoms with Crippen molar-refractivity contribution in [1.29, 1.82) is 0 Å². The van der Waals surface area contributed by atoms with E-state index < -0.39 is 35.9 Å². The van der Waals surface area contributed by atoms with E-state index in [-0.39, 0.29) is 29.7 Å². The average Bonchev–Trinajstić information content (AvgIpc) is 2.98. The van der Waals surface area contributed by atoms with E-state index in [1.165, 1.54) is 18.9 Å². The van der Waals surface area contributed by atoms with Crippen molar-refractivity contribution in [2.45, 2.75) is 77.1 Å². The number of carbonyl (C=O) groups is 3. The molecule has 9 nitrogen and oxygen atoms in total. The molecule has 6 atom stereocenters. The summed E-state index contributed by atoms with van der Waals surface area (Å²) >= 11 is 0. The monoisotopic (exact) mass is 425 g/mol. The van der Waals surface area contributed by atoms with Crippen molar-refractivity contribution in [1.82, 2.24) is 4.90 Å². The molecule has 2 heterocycles. The highest BCUT2D eigenvalue weighted by Gasteiger charge is 2.62. The summed E-state index contributed by atoms with van der Waals surface area (Å²) in [7, 11) is 2.95. The van der Waals surface area contributed by atoms with E-state index in [2.05, 4.69) is 0 Å². The second-order valence-corrected chi connectivity index (χ2v) is 8.62. The highest BCUT2D eigenvalue weighted by Crippen LogP contribution is 2.52. The molecule has 1 amide bonds. The zero-order chi connectivity index (χ0) is 22.4. The first-order valence-electron chi connectivity index (χ1n) is 10.3. The summed E-state index contributed by atoms with van der Waals surface area (Å²) in [6.07, 6.45) is 0.161. The predicted molar refractivity (Wildman–Crippen MR) is 104 cm³/mol.